The van der Waals surface area contributed by atoms with Crippen LogP contribution in [0.1, 0.15) is 47.0 Å². The van der Waals surface area contributed by atoms with Crippen molar-refractivity contribution in [1.29, 1.82) is 0 Å². The van der Waals surface area contributed by atoms with Crippen LogP contribution >= 0.6 is 0 Å². The molecule has 1 saturated heterocycles. The monoisotopic (exact) mass is 254 g/mol. The van der Waals surface area contributed by atoms with Gasteiger partial charge in [0.15, 0.2) is 0 Å². The SMILES string of the molecule is CCOC1CC(CN)(N2CCC(C(C)(C)C)C2)C1. The molecule has 1 atom stereocenters. The number of nitrogens with zero attached hydrogens (tertiary/aromatic N) is 1. The van der Waals surface area contributed by atoms with Gasteiger partial charge in [0, 0.05) is 25.2 Å². The Kier molecular flexibility index (Phi) is 4.05. The molecule has 3 heteroatoms. The maximum atomic E-state index is 6.06. The van der Waals surface area contributed by atoms with Gasteiger partial charge in [0.1, 0.15) is 0 Å². The van der Waals surface area contributed by atoms with Gasteiger partial charge >= 0.3 is 0 Å². The topological polar surface area (TPSA) is 38.5 Å². The highest BCUT2D eigenvalue weighted by atomic mass is 16.5. The van der Waals surface area contributed by atoms with Crippen molar-refractivity contribution >= 4 is 0 Å². The fraction of sp³-hybridized carbons (Fsp3) is 1.00. The van der Waals surface area contributed by atoms with Crippen molar-refractivity contribution in [2.24, 2.45) is 17.1 Å². The fourth-order valence-electron chi connectivity index (χ4n) is 3.59. The Morgan fingerprint density at radius 1 is 1.33 bits per heavy atom. The lowest BCUT2D eigenvalue weighted by Gasteiger charge is -2.52. The van der Waals surface area contributed by atoms with E-state index in [0.29, 0.717) is 11.5 Å². The molecule has 0 aromatic rings. The van der Waals surface area contributed by atoms with Crippen LogP contribution in [0.15, 0.2) is 0 Å². The zero-order valence-corrected chi connectivity index (χ0v) is 12.5. The average Bonchev–Trinajstić information content (AvgIpc) is 2.71. The number of hydrogen-bond donors (Lipinski definition) is 1. The highest BCUT2D eigenvalue weighted by Gasteiger charge is 2.50. The van der Waals surface area contributed by atoms with E-state index in [0.717, 1.165) is 31.9 Å². The molecule has 1 heterocycles. The normalized spacial score (nSPS) is 37.8. The van der Waals surface area contributed by atoms with E-state index in [-0.39, 0.29) is 5.54 Å². The van der Waals surface area contributed by atoms with Gasteiger partial charge in [-0.3, -0.25) is 4.90 Å². The van der Waals surface area contributed by atoms with Crippen molar-refractivity contribution in [3.05, 3.63) is 0 Å². The molecule has 1 saturated carbocycles. The average molecular weight is 254 g/mol. The van der Waals surface area contributed by atoms with E-state index in [1.807, 2.05) is 0 Å². The predicted molar refractivity (Wildman–Crippen MR) is 75.6 cm³/mol. The van der Waals surface area contributed by atoms with Crippen LogP contribution in [-0.2, 0) is 4.74 Å². The van der Waals surface area contributed by atoms with Crippen molar-refractivity contribution in [1.82, 2.24) is 4.90 Å². The molecule has 0 radical (unpaired) electrons. The number of ether oxygens (including phenoxy) is 1. The van der Waals surface area contributed by atoms with E-state index >= 15 is 0 Å². The van der Waals surface area contributed by atoms with Gasteiger partial charge in [0.25, 0.3) is 0 Å². The molecule has 1 unspecified atom stereocenters. The number of hydrogen-bond acceptors (Lipinski definition) is 3. The summed E-state index contributed by atoms with van der Waals surface area (Å²) in [7, 11) is 0. The first-order chi connectivity index (χ1) is 8.41. The van der Waals surface area contributed by atoms with E-state index in [2.05, 4.69) is 32.6 Å². The van der Waals surface area contributed by atoms with Crippen molar-refractivity contribution in [3.8, 4) is 0 Å². The van der Waals surface area contributed by atoms with Crippen LogP contribution in [-0.4, -0.2) is 42.8 Å². The number of likely N-dealkylation sites (tertiary alicyclic amines) is 1. The molecule has 106 valence electrons. The predicted octanol–water partition coefficient (Wildman–Crippen LogP) is 2.25. The van der Waals surface area contributed by atoms with Crippen LogP contribution in [0.3, 0.4) is 0 Å². The molecule has 0 aromatic carbocycles. The maximum absolute atomic E-state index is 6.06. The summed E-state index contributed by atoms with van der Waals surface area (Å²) in [6.45, 7) is 13.2. The van der Waals surface area contributed by atoms with Crippen LogP contribution < -0.4 is 5.73 Å². The summed E-state index contributed by atoms with van der Waals surface area (Å²) in [5.41, 5.74) is 6.74. The molecule has 18 heavy (non-hydrogen) atoms. The fourth-order valence-corrected chi connectivity index (χ4v) is 3.59. The van der Waals surface area contributed by atoms with Crippen LogP contribution in [0.2, 0.25) is 0 Å². The Labute approximate surface area is 112 Å². The molecule has 1 aliphatic carbocycles. The van der Waals surface area contributed by atoms with Crippen molar-refractivity contribution < 1.29 is 4.74 Å². The summed E-state index contributed by atoms with van der Waals surface area (Å²) in [6.07, 6.45) is 4.04. The van der Waals surface area contributed by atoms with Crippen LogP contribution in [0.25, 0.3) is 0 Å². The first-order valence-corrected chi connectivity index (χ1v) is 7.48. The summed E-state index contributed by atoms with van der Waals surface area (Å²) >= 11 is 0. The Bertz CT molecular complexity index is 279. The highest BCUT2D eigenvalue weighted by Crippen LogP contribution is 2.44. The van der Waals surface area contributed by atoms with E-state index in [9.17, 15) is 0 Å². The summed E-state index contributed by atoms with van der Waals surface area (Å²) in [6, 6.07) is 0. The molecule has 0 bridgehead atoms. The van der Waals surface area contributed by atoms with Gasteiger partial charge in [-0.15, -0.1) is 0 Å². The molecule has 2 aliphatic rings. The molecular weight excluding hydrogens is 224 g/mol. The third kappa shape index (κ3) is 2.59. The van der Waals surface area contributed by atoms with E-state index in [4.69, 9.17) is 10.5 Å². The largest absolute Gasteiger partial charge is 0.378 e. The molecular formula is C15H30N2O. The molecule has 0 aromatic heterocycles. The Balaban J connectivity index is 1.92. The minimum absolute atomic E-state index is 0.250. The van der Waals surface area contributed by atoms with Crippen LogP contribution in [0.4, 0.5) is 0 Å². The highest BCUT2D eigenvalue weighted by molar-refractivity contribution is 5.06. The molecule has 1 aliphatic heterocycles. The van der Waals surface area contributed by atoms with Gasteiger partial charge in [-0.25, -0.2) is 0 Å². The Hall–Kier alpha value is -0.120. The van der Waals surface area contributed by atoms with Gasteiger partial charge in [-0.2, -0.15) is 0 Å². The molecule has 0 amide bonds. The van der Waals surface area contributed by atoms with Gasteiger partial charge in [-0.1, -0.05) is 20.8 Å². The Morgan fingerprint density at radius 3 is 2.44 bits per heavy atom. The Morgan fingerprint density at radius 2 is 2.00 bits per heavy atom. The van der Waals surface area contributed by atoms with Crippen LogP contribution in [0.5, 0.6) is 0 Å². The standard InChI is InChI=1S/C15H30N2O/c1-5-18-13-8-15(9-13,11-16)17-7-6-12(10-17)14(2,3)4/h12-13H,5-11,16H2,1-4H3. The molecule has 2 rings (SSSR count). The second-order valence-electron chi connectivity index (χ2n) is 7.21. The van der Waals surface area contributed by atoms with Gasteiger partial charge in [0.05, 0.1) is 6.10 Å². The van der Waals surface area contributed by atoms with Gasteiger partial charge in [-0.05, 0) is 44.1 Å². The van der Waals surface area contributed by atoms with Gasteiger partial charge < -0.3 is 10.5 Å². The summed E-state index contributed by atoms with van der Waals surface area (Å²) in [5, 5.41) is 0. The zero-order chi connectivity index (χ0) is 13.4. The number of nitrogens with two attached hydrogens (primary N) is 1. The van der Waals surface area contributed by atoms with E-state index in [1.54, 1.807) is 0 Å². The minimum atomic E-state index is 0.250. The zero-order valence-electron chi connectivity index (χ0n) is 12.5. The lowest BCUT2D eigenvalue weighted by molar-refractivity contribution is -0.0951. The van der Waals surface area contributed by atoms with E-state index < -0.39 is 0 Å². The minimum Gasteiger partial charge on any atom is -0.378 e. The van der Waals surface area contributed by atoms with Gasteiger partial charge in [0.2, 0.25) is 0 Å². The maximum Gasteiger partial charge on any atom is 0.0611 e. The lowest BCUT2D eigenvalue weighted by Crippen LogP contribution is -2.63. The number of rotatable bonds is 4. The lowest BCUT2D eigenvalue weighted by atomic mass is 9.72. The first-order valence-electron chi connectivity index (χ1n) is 7.48. The van der Waals surface area contributed by atoms with Crippen molar-refractivity contribution in [2.45, 2.75) is 58.6 Å². The third-order valence-corrected chi connectivity index (χ3v) is 5.08. The van der Waals surface area contributed by atoms with E-state index in [1.165, 1.54) is 19.5 Å². The first kappa shape index (κ1) is 14.3. The second-order valence-corrected chi connectivity index (χ2v) is 7.21. The summed E-state index contributed by atoms with van der Waals surface area (Å²) in [4.78, 5) is 2.65. The quantitative estimate of drug-likeness (QED) is 0.836. The van der Waals surface area contributed by atoms with Crippen molar-refractivity contribution in [3.63, 3.8) is 0 Å². The van der Waals surface area contributed by atoms with Crippen molar-refractivity contribution in [2.75, 3.05) is 26.2 Å². The second kappa shape index (κ2) is 5.10. The molecule has 0 spiro atoms. The third-order valence-electron chi connectivity index (χ3n) is 5.08. The molecule has 2 N–H and O–H groups in total. The van der Waals surface area contributed by atoms with Crippen LogP contribution in [0, 0.1) is 11.3 Å². The summed E-state index contributed by atoms with van der Waals surface area (Å²) in [5.74, 6) is 0.812. The molecule has 3 nitrogen and oxygen atoms in total. The molecule has 2 fully saturated rings. The smallest absolute Gasteiger partial charge is 0.0611 e. The summed E-state index contributed by atoms with van der Waals surface area (Å²) < 4.78 is 5.71.